The SMILES string of the molecule is CCc1ccc(N/N=C(/C#N)c2nc(-c3ccc(Cl)cc3)cs2)cc1. The van der Waals surface area contributed by atoms with Gasteiger partial charge in [0.05, 0.1) is 11.4 Å². The molecule has 0 aliphatic carbocycles. The molecule has 6 heteroatoms. The molecule has 25 heavy (non-hydrogen) atoms. The normalized spacial score (nSPS) is 11.2. The maximum absolute atomic E-state index is 9.38. The van der Waals surface area contributed by atoms with Gasteiger partial charge in [-0.15, -0.1) is 11.3 Å². The van der Waals surface area contributed by atoms with Crippen molar-refractivity contribution in [3.8, 4) is 17.3 Å². The first-order chi connectivity index (χ1) is 12.2. The van der Waals surface area contributed by atoms with E-state index in [1.54, 1.807) is 0 Å². The summed E-state index contributed by atoms with van der Waals surface area (Å²) in [5.74, 6) is 0. The van der Waals surface area contributed by atoms with Gasteiger partial charge in [-0.25, -0.2) is 4.98 Å². The van der Waals surface area contributed by atoms with Crippen LogP contribution in [0.2, 0.25) is 5.02 Å². The predicted molar refractivity (Wildman–Crippen MR) is 104 cm³/mol. The van der Waals surface area contributed by atoms with Crippen LogP contribution in [0.5, 0.6) is 0 Å². The summed E-state index contributed by atoms with van der Waals surface area (Å²) in [6, 6.07) is 17.5. The fourth-order valence-electron chi connectivity index (χ4n) is 2.19. The van der Waals surface area contributed by atoms with Crippen molar-refractivity contribution in [2.75, 3.05) is 5.43 Å². The van der Waals surface area contributed by atoms with Gasteiger partial charge < -0.3 is 0 Å². The molecule has 0 aliphatic heterocycles. The van der Waals surface area contributed by atoms with Crippen LogP contribution < -0.4 is 5.43 Å². The molecule has 0 aliphatic rings. The van der Waals surface area contributed by atoms with Crippen LogP contribution in [0.3, 0.4) is 0 Å². The summed E-state index contributed by atoms with van der Waals surface area (Å²) < 4.78 is 0. The second kappa shape index (κ2) is 7.93. The van der Waals surface area contributed by atoms with E-state index in [9.17, 15) is 5.26 Å². The van der Waals surface area contributed by atoms with E-state index in [0.29, 0.717) is 10.0 Å². The molecule has 1 N–H and O–H groups in total. The highest BCUT2D eigenvalue weighted by molar-refractivity contribution is 7.12. The van der Waals surface area contributed by atoms with Gasteiger partial charge in [0.25, 0.3) is 0 Å². The highest BCUT2D eigenvalue weighted by Gasteiger charge is 2.10. The molecule has 0 bridgehead atoms. The number of nitriles is 1. The van der Waals surface area contributed by atoms with Crippen LogP contribution in [0.4, 0.5) is 5.69 Å². The average molecular weight is 367 g/mol. The fourth-order valence-corrected chi connectivity index (χ4v) is 3.08. The largest absolute Gasteiger partial charge is 0.277 e. The number of hydrogen-bond acceptors (Lipinski definition) is 5. The van der Waals surface area contributed by atoms with E-state index < -0.39 is 0 Å². The van der Waals surface area contributed by atoms with Crippen molar-refractivity contribution >= 4 is 34.3 Å². The smallest absolute Gasteiger partial charge is 0.196 e. The van der Waals surface area contributed by atoms with Gasteiger partial charge in [-0.3, -0.25) is 5.43 Å². The molecule has 1 heterocycles. The van der Waals surface area contributed by atoms with Crippen molar-refractivity contribution in [1.82, 2.24) is 4.98 Å². The zero-order valence-electron chi connectivity index (χ0n) is 13.5. The Morgan fingerprint density at radius 2 is 1.92 bits per heavy atom. The molecule has 124 valence electrons. The lowest BCUT2D eigenvalue weighted by molar-refractivity contribution is 1.14. The highest BCUT2D eigenvalue weighted by atomic mass is 35.5. The molecule has 4 nitrogen and oxygen atoms in total. The zero-order valence-corrected chi connectivity index (χ0v) is 15.1. The van der Waals surface area contributed by atoms with E-state index in [2.05, 4.69) is 28.5 Å². The number of halogens is 1. The lowest BCUT2D eigenvalue weighted by Crippen LogP contribution is -2.01. The van der Waals surface area contributed by atoms with Gasteiger partial charge in [0.2, 0.25) is 0 Å². The summed E-state index contributed by atoms with van der Waals surface area (Å²) in [4.78, 5) is 4.50. The van der Waals surface area contributed by atoms with Crippen LogP contribution in [0.1, 0.15) is 17.5 Å². The molecule has 0 atom stereocenters. The molecule has 0 spiro atoms. The summed E-state index contributed by atoms with van der Waals surface area (Å²) in [5, 5.41) is 16.7. The second-order valence-corrected chi connectivity index (χ2v) is 6.57. The zero-order chi connectivity index (χ0) is 17.6. The number of nitrogens with zero attached hydrogens (tertiary/aromatic N) is 3. The van der Waals surface area contributed by atoms with Gasteiger partial charge in [-0.2, -0.15) is 10.4 Å². The number of rotatable bonds is 5. The fraction of sp³-hybridized carbons (Fsp3) is 0.105. The quantitative estimate of drug-likeness (QED) is 0.488. The molecule has 3 rings (SSSR count). The molecule has 0 amide bonds. The molecule has 0 saturated heterocycles. The topological polar surface area (TPSA) is 61.1 Å². The number of hydrazone groups is 1. The van der Waals surface area contributed by atoms with E-state index in [0.717, 1.165) is 23.4 Å². The summed E-state index contributed by atoms with van der Waals surface area (Å²) in [6.45, 7) is 2.11. The van der Waals surface area contributed by atoms with Gasteiger partial charge >= 0.3 is 0 Å². The monoisotopic (exact) mass is 366 g/mol. The van der Waals surface area contributed by atoms with Crippen molar-refractivity contribution in [3.63, 3.8) is 0 Å². The van der Waals surface area contributed by atoms with E-state index in [-0.39, 0.29) is 5.71 Å². The number of aromatic nitrogens is 1. The Morgan fingerprint density at radius 1 is 1.20 bits per heavy atom. The van der Waals surface area contributed by atoms with Gasteiger partial charge in [0, 0.05) is 16.0 Å². The molecule has 0 fully saturated rings. The van der Waals surface area contributed by atoms with Crippen LogP contribution in [0.25, 0.3) is 11.3 Å². The minimum absolute atomic E-state index is 0.254. The first kappa shape index (κ1) is 17.2. The summed E-state index contributed by atoms with van der Waals surface area (Å²) in [7, 11) is 0. The molecule has 0 unspecified atom stereocenters. The summed E-state index contributed by atoms with van der Waals surface area (Å²) in [5.41, 5.74) is 7.01. The Balaban J connectivity index is 1.78. The predicted octanol–water partition coefficient (Wildman–Crippen LogP) is 5.37. The van der Waals surface area contributed by atoms with Crippen molar-refractivity contribution in [3.05, 3.63) is 69.5 Å². The van der Waals surface area contributed by atoms with Gasteiger partial charge in [-0.05, 0) is 36.2 Å². The standard InChI is InChI=1S/C19H15ClN4S/c1-2-13-3-9-16(10-4-13)23-24-17(11-21)19-22-18(12-25-19)14-5-7-15(20)8-6-14/h3-10,12,23H,2H2,1H3/b24-17-. The maximum atomic E-state index is 9.38. The Labute approximate surface area is 155 Å². The summed E-state index contributed by atoms with van der Waals surface area (Å²) >= 11 is 7.29. The minimum Gasteiger partial charge on any atom is -0.277 e. The van der Waals surface area contributed by atoms with Crippen LogP contribution in [0.15, 0.2) is 59.0 Å². The number of thiazole rings is 1. The first-order valence-electron chi connectivity index (χ1n) is 7.74. The van der Waals surface area contributed by atoms with Gasteiger partial charge in [-0.1, -0.05) is 42.8 Å². The van der Waals surface area contributed by atoms with Crippen LogP contribution in [0, 0.1) is 11.3 Å². The lowest BCUT2D eigenvalue weighted by atomic mass is 10.2. The van der Waals surface area contributed by atoms with Gasteiger partial charge in [0.15, 0.2) is 10.7 Å². The third kappa shape index (κ3) is 4.24. The van der Waals surface area contributed by atoms with Crippen molar-refractivity contribution < 1.29 is 0 Å². The number of aryl methyl sites for hydroxylation is 1. The van der Waals surface area contributed by atoms with Gasteiger partial charge in [0.1, 0.15) is 6.07 Å². The van der Waals surface area contributed by atoms with E-state index in [1.807, 2.05) is 53.9 Å². The third-order valence-corrected chi connectivity index (χ3v) is 4.71. The number of nitrogens with one attached hydrogen (secondary N) is 1. The molecular weight excluding hydrogens is 352 g/mol. The number of hydrogen-bond donors (Lipinski definition) is 1. The molecule has 2 aromatic carbocycles. The lowest BCUT2D eigenvalue weighted by Gasteiger charge is -2.02. The van der Waals surface area contributed by atoms with Crippen molar-refractivity contribution in [1.29, 1.82) is 5.26 Å². The molecular formula is C19H15ClN4S. The van der Waals surface area contributed by atoms with E-state index >= 15 is 0 Å². The highest BCUT2D eigenvalue weighted by Crippen LogP contribution is 2.24. The molecule has 3 aromatic rings. The Hall–Kier alpha value is -2.68. The molecule has 1 aromatic heterocycles. The van der Waals surface area contributed by atoms with E-state index in [4.69, 9.17) is 11.6 Å². The summed E-state index contributed by atoms with van der Waals surface area (Å²) in [6.07, 6.45) is 0.986. The van der Waals surface area contributed by atoms with Crippen molar-refractivity contribution in [2.45, 2.75) is 13.3 Å². The second-order valence-electron chi connectivity index (χ2n) is 5.28. The van der Waals surface area contributed by atoms with E-state index in [1.165, 1.54) is 16.9 Å². The maximum Gasteiger partial charge on any atom is 0.196 e. The van der Waals surface area contributed by atoms with Crippen LogP contribution in [-0.2, 0) is 6.42 Å². The van der Waals surface area contributed by atoms with Crippen LogP contribution in [-0.4, -0.2) is 10.7 Å². The van der Waals surface area contributed by atoms with Crippen LogP contribution >= 0.6 is 22.9 Å². The van der Waals surface area contributed by atoms with Crippen molar-refractivity contribution in [2.24, 2.45) is 5.10 Å². The number of anilines is 1. The Morgan fingerprint density at radius 3 is 2.56 bits per heavy atom. The first-order valence-corrected chi connectivity index (χ1v) is 9.00. The molecule has 0 radical (unpaired) electrons. The number of benzene rings is 2. The minimum atomic E-state index is 0.254. The average Bonchev–Trinajstić information content (AvgIpc) is 3.13. The Bertz CT molecular complexity index is 921. The third-order valence-electron chi connectivity index (χ3n) is 3.61. The molecule has 0 saturated carbocycles. The Kier molecular flexibility index (Phi) is 5.44.